The van der Waals surface area contributed by atoms with Gasteiger partial charge in [-0.3, -0.25) is 9.69 Å². The van der Waals surface area contributed by atoms with Gasteiger partial charge in [-0.1, -0.05) is 6.92 Å². The predicted octanol–water partition coefficient (Wildman–Crippen LogP) is 1.75. The molecule has 0 radical (unpaired) electrons. The summed E-state index contributed by atoms with van der Waals surface area (Å²) in [7, 11) is -4.17. The Morgan fingerprint density at radius 3 is 2.38 bits per heavy atom. The van der Waals surface area contributed by atoms with E-state index in [9.17, 15) is 31.5 Å². The van der Waals surface area contributed by atoms with Crippen molar-refractivity contribution in [1.82, 2.24) is 9.21 Å². The number of carboxylic acid groups (broad SMARTS) is 1. The van der Waals surface area contributed by atoms with Crippen LogP contribution >= 0.6 is 0 Å². The van der Waals surface area contributed by atoms with Gasteiger partial charge in [0.25, 0.3) is 0 Å². The van der Waals surface area contributed by atoms with Gasteiger partial charge in [-0.15, -0.1) is 13.2 Å². The number of nitrogens with zero attached hydrogens (tertiary/aromatic N) is 2. The van der Waals surface area contributed by atoms with Crippen molar-refractivity contribution in [2.75, 3.05) is 26.2 Å². The molecule has 1 atom stereocenters. The third-order valence-electron chi connectivity index (χ3n) is 3.90. The molecule has 146 valence electrons. The summed E-state index contributed by atoms with van der Waals surface area (Å²) in [6.07, 6.45) is -4.08. The summed E-state index contributed by atoms with van der Waals surface area (Å²) >= 11 is 0. The van der Waals surface area contributed by atoms with E-state index in [2.05, 4.69) is 4.74 Å². The minimum absolute atomic E-state index is 0.0138. The lowest BCUT2D eigenvalue weighted by molar-refractivity contribution is -0.274. The molecule has 0 saturated carbocycles. The van der Waals surface area contributed by atoms with E-state index >= 15 is 0 Å². The lowest BCUT2D eigenvalue weighted by Crippen LogP contribution is -2.58. The maximum absolute atomic E-state index is 12.7. The zero-order chi connectivity index (χ0) is 19.5. The summed E-state index contributed by atoms with van der Waals surface area (Å²) < 4.78 is 66.6. The van der Waals surface area contributed by atoms with E-state index in [0.29, 0.717) is 13.1 Å². The van der Waals surface area contributed by atoms with Crippen molar-refractivity contribution < 1.29 is 36.2 Å². The Morgan fingerprint density at radius 2 is 1.88 bits per heavy atom. The van der Waals surface area contributed by atoms with Crippen molar-refractivity contribution in [2.45, 2.75) is 30.6 Å². The highest BCUT2D eigenvalue weighted by Gasteiger charge is 2.40. The van der Waals surface area contributed by atoms with Crippen molar-refractivity contribution in [2.24, 2.45) is 0 Å². The van der Waals surface area contributed by atoms with Crippen molar-refractivity contribution >= 4 is 16.0 Å². The minimum Gasteiger partial charge on any atom is -0.480 e. The van der Waals surface area contributed by atoms with Crippen molar-refractivity contribution in [3.63, 3.8) is 0 Å². The van der Waals surface area contributed by atoms with Crippen LogP contribution in [0.5, 0.6) is 5.75 Å². The topological polar surface area (TPSA) is 87.2 Å². The second-order valence-electron chi connectivity index (χ2n) is 5.79. The predicted molar refractivity (Wildman–Crippen MR) is 85.2 cm³/mol. The van der Waals surface area contributed by atoms with Crippen molar-refractivity contribution in [3.8, 4) is 5.75 Å². The highest BCUT2D eigenvalue weighted by atomic mass is 32.2. The first-order chi connectivity index (χ1) is 12.0. The number of hydrogen-bond donors (Lipinski definition) is 1. The van der Waals surface area contributed by atoms with Crippen molar-refractivity contribution in [1.29, 1.82) is 0 Å². The Kier molecular flexibility index (Phi) is 6.14. The summed E-state index contributed by atoms with van der Waals surface area (Å²) in [5, 5.41) is 9.40. The normalized spacial score (nSPS) is 20.1. The monoisotopic (exact) mass is 396 g/mol. The number of rotatable bonds is 6. The van der Waals surface area contributed by atoms with Crippen LogP contribution in [-0.2, 0) is 14.8 Å². The van der Waals surface area contributed by atoms with Gasteiger partial charge in [-0.05, 0) is 37.2 Å². The van der Waals surface area contributed by atoms with Crippen LogP contribution in [0.2, 0.25) is 0 Å². The van der Waals surface area contributed by atoms with Gasteiger partial charge in [0.15, 0.2) is 0 Å². The number of carbonyl (C=O) groups is 1. The van der Waals surface area contributed by atoms with Crippen LogP contribution in [0, 0.1) is 0 Å². The van der Waals surface area contributed by atoms with E-state index in [0.717, 1.165) is 35.0 Å². The van der Waals surface area contributed by atoms with E-state index in [-0.39, 0.29) is 18.0 Å². The van der Waals surface area contributed by atoms with E-state index in [1.807, 2.05) is 11.8 Å². The van der Waals surface area contributed by atoms with Crippen LogP contribution in [0.4, 0.5) is 13.2 Å². The molecule has 0 aliphatic carbocycles. The van der Waals surface area contributed by atoms with E-state index in [1.54, 1.807) is 0 Å². The Labute approximate surface area is 149 Å². The highest BCUT2D eigenvalue weighted by Crippen LogP contribution is 2.26. The van der Waals surface area contributed by atoms with Gasteiger partial charge in [0.05, 0.1) is 4.90 Å². The van der Waals surface area contributed by atoms with Gasteiger partial charge in [-0.2, -0.15) is 4.31 Å². The fraction of sp³-hybridized carbons (Fsp3) is 0.533. The molecule has 1 N–H and O–H groups in total. The average molecular weight is 396 g/mol. The third-order valence-corrected chi connectivity index (χ3v) is 5.83. The molecule has 0 bridgehead atoms. The molecule has 7 nitrogen and oxygen atoms in total. The van der Waals surface area contributed by atoms with E-state index < -0.39 is 34.1 Å². The molecule has 1 aliphatic heterocycles. The van der Waals surface area contributed by atoms with E-state index in [4.69, 9.17) is 0 Å². The van der Waals surface area contributed by atoms with Crippen LogP contribution in [0.25, 0.3) is 0 Å². The molecule has 1 heterocycles. The van der Waals surface area contributed by atoms with Crippen molar-refractivity contribution in [3.05, 3.63) is 24.3 Å². The lowest BCUT2D eigenvalue weighted by atomic mass is 10.2. The number of alkyl halides is 3. The fourth-order valence-electron chi connectivity index (χ4n) is 2.78. The Bertz CT molecular complexity index is 737. The van der Waals surface area contributed by atoms with Gasteiger partial charge in [0, 0.05) is 19.6 Å². The molecule has 1 fully saturated rings. The Hall–Kier alpha value is -1.85. The smallest absolute Gasteiger partial charge is 0.480 e. The molecular formula is C15H19F3N2O5S. The second-order valence-corrected chi connectivity index (χ2v) is 7.68. The van der Waals surface area contributed by atoms with Gasteiger partial charge >= 0.3 is 12.3 Å². The number of benzene rings is 1. The maximum atomic E-state index is 12.7. The molecule has 1 aliphatic rings. The molecule has 0 amide bonds. The van der Waals surface area contributed by atoms with E-state index in [1.165, 1.54) is 0 Å². The van der Waals surface area contributed by atoms with Gasteiger partial charge < -0.3 is 9.84 Å². The quantitative estimate of drug-likeness (QED) is 0.789. The summed E-state index contributed by atoms with van der Waals surface area (Å²) in [6.45, 7) is 3.01. The number of piperazine rings is 1. The third kappa shape index (κ3) is 4.86. The fourth-order valence-corrected chi connectivity index (χ4v) is 4.34. The molecular weight excluding hydrogens is 377 g/mol. The SMILES string of the molecule is CCCN1CCN(S(=O)(=O)c2ccc(OC(F)(F)F)cc2)[C@@H](C(=O)O)C1. The Balaban J connectivity index is 2.23. The first kappa shape index (κ1) is 20.5. The first-order valence-electron chi connectivity index (χ1n) is 7.87. The largest absolute Gasteiger partial charge is 0.573 e. The molecule has 1 saturated heterocycles. The first-order valence-corrected chi connectivity index (χ1v) is 9.31. The van der Waals surface area contributed by atoms with Crippen LogP contribution in [0.3, 0.4) is 0 Å². The zero-order valence-corrected chi connectivity index (χ0v) is 14.8. The number of halogens is 3. The summed E-state index contributed by atoms with van der Waals surface area (Å²) in [5.41, 5.74) is 0. The molecule has 26 heavy (non-hydrogen) atoms. The number of aliphatic carboxylic acids is 1. The molecule has 0 unspecified atom stereocenters. The molecule has 1 aromatic carbocycles. The minimum atomic E-state index is -4.88. The van der Waals surface area contributed by atoms with Gasteiger partial charge in [0.2, 0.25) is 10.0 Å². The van der Waals surface area contributed by atoms with Gasteiger partial charge in [-0.25, -0.2) is 8.42 Å². The standard InChI is InChI=1S/C15H19F3N2O5S/c1-2-7-19-8-9-20(13(10-19)14(21)22)26(23,24)12-5-3-11(4-6-12)25-15(16,17)18/h3-6,13H,2,7-10H2,1H3,(H,21,22)/t13-/m1/s1. The Morgan fingerprint density at radius 1 is 1.27 bits per heavy atom. The molecule has 11 heteroatoms. The molecule has 1 aromatic rings. The van der Waals surface area contributed by atoms with Crippen LogP contribution in [0.15, 0.2) is 29.2 Å². The highest BCUT2D eigenvalue weighted by molar-refractivity contribution is 7.89. The summed E-state index contributed by atoms with van der Waals surface area (Å²) in [6, 6.07) is 2.43. The van der Waals surface area contributed by atoms with Crippen LogP contribution in [-0.4, -0.2) is 67.3 Å². The number of sulfonamides is 1. The van der Waals surface area contributed by atoms with Crippen LogP contribution < -0.4 is 4.74 Å². The van der Waals surface area contributed by atoms with Gasteiger partial charge in [0.1, 0.15) is 11.8 Å². The average Bonchev–Trinajstić information content (AvgIpc) is 2.54. The molecule has 0 spiro atoms. The lowest BCUT2D eigenvalue weighted by Gasteiger charge is -2.38. The van der Waals surface area contributed by atoms with Crippen LogP contribution in [0.1, 0.15) is 13.3 Å². The summed E-state index contributed by atoms with van der Waals surface area (Å²) in [5.74, 6) is -1.83. The second kappa shape index (κ2) is 7.80. The molecule has 0 aromatic heterocycles. The molecule has 2 rings (SSSR count). The number of carboxylic acids is 1. The maximum Gasteiger partial charge on any atom is 0.573 e. The number of hydrogen-bond acceptors (Lipinski definition) is 5. The summed E-state index contributed by atoms with van der Waals surface area (Å²) in [4.78, 5) is 13.1. The zero-order valence-electron chi connectivity index (χ0n) is 13.9. The number of ether oxygens (including phenoxy) is 1.